The van der Waals surface area contributed by atoms with Crippen molar-refractivity contribution in [2.45, 2.75) is 71.1 Å². The van der Waals surface area contributed by atoms with Crippen LogP contribution in [0.15, 0.2) is 18.2 Å². The lowest BCUT2D eigenvalue weighted by atomic mass is 10.1. The van der Waals surface area contributed by atoms with Gasteiger partial charge < -0.3 is 4.74 Å². The number of carbonyl (C=O) groups excluding carboxylic acids is 1. The van der Waals surface area contributed by atoms with Crippen LogP contribution >= 0.6 is 23.2 Å². The van der Waals surface area contributed by atoms with E-state index < -0.39 is 0 Å². The van der Waals surface area contributed by atoms with Crippen molar-refractivity contribution in [3.05, 3.63) is 33.8 Å². The Balaban J connectivity index is 2.01. The largest absolute Gasteiger partial charge is 0.462 e. The molecule has 0 saturated carbocycles. The minimum absolute atomic E-state index is 0.338. The predicted molar refractivity (Wildman–Crippen MR) is 98.6 cm³/mol. The Morgan fingerprint density at radius 1 is 0.913 bits per heavy atom. The van der Waals surface area contributed by atoms with E-state index in [1.807, 2.05) is 0 Å². The Morgan fingerprint density at radius 2 is 1.48 bits per heavy atom. The molecule has 0 bridgehead atoms. The van der Waals surface area contributed by atoms with Crippen molar-refractivity contribution >= 4 is 29.2 Å². The van der Waals surface area contributed by atoms with Gasteiger partial charge in [0.1, 0.15) is 0 Å². The molecule has 0 heterocycles. The van der Waals surface area contributed by atoms with E-state index in [0.717, 1.165) is 12.8 Å². The fraction of sp³-hybridized carbons (Fsp3) is 0.632. The molecule has 0 fully saturated rings. The summed E-state index contributed by atoms with van der Waals surface area (Å²) < 4.78 is 5.25. The van der Waals surface area contributed by atoms with Gasteiger partial charge in [-0.1, -0.05) is 87.9 Å². The van der Waals surface area contributed by atoms with Crippen LogP contribution in [0.3, 0.4) is 0 Å². The maximum Gasteiger partial charge on any atom is 0.339 e. The second-order valence-corrected chi connectivity index (χ2v) is 6.79. The second kappa shape index (κ2) is 12.7. The van der Waals surface area contributed by atoms with Gasteiger partial charge in [-0.15, -0.1) is 0 Å². The molecule has 0 atom stereocenters. The molecule has 0 aromatic heterocycles. The first-order chi connectivity index (χ1) is 11.1. The number of rotatable bonds is 12. The summed E-state index contributed by atoms with van der Waals surface area (Å²) in [6, 6.07) is 4.80. The lowest BCUT2D eigenvalue weighted by Crippen LogP contribution is -2.07. The van der Waals surface area contributed by atoms with Gasteiger partial charge in [-0.25, -0.2) is 4.79 Å². The van der Waals surface area contributed by atoms with Crippen molar-refractivity contribution in [3.8, 4) is 0 Å². The fourth-order valence-corrected chi connectivity index (χ4v) is 2.97. The lowest BCUT2D eigenvalue weighted by molar-refractivity contribution is 0.0498. The monoisotopic (exact) mass is 358 g/mol. The van der Waals surface area contributed by atoms with Crippen molar-refractivity contribution in [1.82, 2.24) is 0 Å². The third-order valence-corrected chi connectivity index (χ3v) is 4.43. The molecule has 0 aliphatic carbocycles. The standard InChI is InChI=1S/C19H28Cl2O2/c1-2-3-4-5-6-7-8-9-10-11-14-23-19(22)17-13-12-16(20)15-18(17)21/h12-13,15H,2-11,14H2,1H3. The Labute approximate surface area is 150 Å². The Morgan fingerprint density at radius 3 is 2.04 bits per heavy atom. The summed E-state index contributed by atoms with van der Waals surface area (Å²) in [5.74, 6) is -0.373. The van der Waals surface area contributed by atoms with Crippen LogP contribution in [0.25, 0.3) is 0 Å². The fourth-order valence-electron chi connectivity index (χ4n) is 2.49. The summed E-state index contributed by atoms with van der Waals surface area (Å²) in [6.07, 6.45) is 12.6. The predicted octanol–water partition coefficient (Wildman–Crippen LogP) is 7.07. The van der Waals surface area contributed by atoms with Crippen molar-refractivity contribution < 1.29 is 9.53 Å². The quantitative estimate of drug-likeness (QED) is 0.295. The van der Waals surface area contributed by atoms with E-state index in [4.69, 9.17) is 27.9 Å². The van der Waals surface area contributed by atoms with Crippen LogP contribution in [0.2, 0.25) is 10.0 Å². The average Bonchev–Trinajstić information content (AvgIpc) is 2.52. The molecule has 0 aliphatic rings. The number of benzene rings is 1. The molecule has 130 valence electrons. The third-order valence-electron chi connectivity index (χ3n) is 3.88. The Bertz CT molecular complexity index is 461. The molecule has 1 aromatic carbocycles. The highest BCUT2D eigenvalue weighted by atomic mass is 35.5. The van der Waals surface area contributed by atoms with E-state index >= 15 is 0 Å². The van der Waals surface area contributed by atoms with Crippen LogP contribution in [0, 0.1) is 0 Å². The number of hydrogen-bond acceptors (Lipinski definition) is 2. The topological polar surface area (TPSA) is 26.3 Å². The van der Waals surface area contributed by atoms with E-state index in [1.165, 1.54) is 51.4 Å². The number of hydrogen-bond donors (Lipinski definition) is 0. The summed E-state index contributed by atoms with van der Waals surface area (Å²) in [4.78, 5) is 11.9. The molecule has 0 radical (unpaired) electrons. The first-order valence-corrected chi connectivity index (χ1v) is 9.53. The van der Waals surface area contributed by atoms with Crippen molar-refractivity contribution in [2.24, 2.45) is 0 Å². The maximum absolute atomic E-state index is 11.9. The third kappa shape index (κ3) is 9.22. The zero-order valence-electron chi connectivity index (χ0n) is 14.1. The van der Waals surface area contributed by atoms with Gasteiger partial charge in [-0.05, 0) is 24.6 Å². The number of carbonyl (C=O) groups is 1. The van der Waals surface area contributed by atoms with Crippen LogP contribution in [0.5, 0.6) is 0 Å². The molecule has 0 amide bonds. The number of ether oxygens (including phenoxy) is 1. The van der Waals surface area contributed by atoms with Gasteiger partial charge in [0.15, 0.2) is 0 Å². The van der Waals surface area contributed by atoms with Gasteiger partial charge in [0.05, 0.1) is 17.2 Å². The highest BCUT2D eigenvalue weighted by molar-refractivity contribution is 6.36. The first-order valence-electron chi connectivity index (χ1n) is 8.77. The first kappa shape index (κ1) is 20.3. The normalized spacial score (nSPS) is 10.7. The summed E-state index contributed by atoms with van der Waals surface area (Å²) >= 11 is 11.8. The molecule has 0 N–H and O–H groups in total. The Hall–Kier alpha value is -0.730. The molecule has 2 nitrogen and oxygen atoms in total. The zero-order chi connectivity index (χ0) is 16.9. The van der Waals surface area contributed by atoms with Crippen LogP contribution < -0.4 is 0 Å². The minimum Gasteiger partial charge on any atom is -0.462 e. The molecule has 1 rings (SSSR count). The number of unbranched alkanes of at least 4 members (excludes halogenated alkanes) is 9. The molecule has 0 unspecified atom stereocenters. The van der Waals surface area contributed by atoms with Gasteiger partial charge in [0.25, 0.3) is 0 Å². The van der Waals surface area contributed by atoms with Crippen molar-refractivity contribution in [1.29, 1.82) is 0 Å². The van der Waals surface area contributed by atoms with Gasteiger partial charge in [0, 0.05) is 5.02 Å². The summed E-state index contributed by atoms with van der Waals surface area (Å²) in [6.45, 7) is 2.70. The summed E-state index contributed by atoms with van der Waals surface area (Å²) in [5, 5.41) is 0.854. The molecular weight excluding hydrogens is 331 g/mol. The molecular formula is C19H28Cl2O2. The molecule has 0 spiro atoms. The van der Waals surface area contributed by atoms with Crippen LogP contribution in [0.1, 0.15) is 81.5 Å². The van der Waals surface area contributed by atoms with Crippen molar-refractivity contribution in [3.63, 3.8) is 0 Å². The molecule has 0 saturated heterocycles. The molecule has 1 aromatic rings. The van der Waals surface area contributed by atoms with E-state index in [1.54, 1.807) is 18.2 Å². The summed E-state index contributed by atoms with van der Waals surface area (Å²) in [7, 11) is 0. The molecule has 23 heavy (non-hydrogen) atoms. The SMILES string of the molecule is CCCCCCCCCCCCOC(=O)c1ccc(Cl)cc1Cl. The van der Waals surface area contributed by atoms with Gasteiger partial charge in [-0.2, -0.15) is 0 Å². The van der Waals surface area contributed by atoms with E-state index in [-0.39, 0.29) is 5.97 Å². The van der Waals surface area contributed by atoms with Gasteiger partial charge in [-0.3, -0.25) is 0 Å². The van der Waals surface area contributed by atoms with E-state index in [9.17, 15) is 4.79 Å². The zero-order valence-corrected chi connectivity index (χ0v) is 15.6. The van der Waals surface area contributed by atoms with Gasteiger partial charge >= 0.3 is 5.97 Å². The second-order valence-electron chi connectivity index (χ2n) is 5.94. The summed E-state index contributed by atoms with van der Waals surface area (Å²) in [5.41, 5.74) is 0.378. The van der Waals surface area contributed by atoms with Gasteiger partial charge in [0.2, 0.25) is 0 Å². The minimum atomic E-state index is -0.373. The molecule has 4 heteroatoms. The highest BCUT2D eigenvalue weighted by Gasteiger charge is 2.11. The van der Waals surface area contributed by atoms with Crippen molar-refractivity contribution in [2.75, 3.05) is 6.61 Å². The van der Waals surface area contributed by atoms with Crippen LogP contribution in [-0.2, 0) is 4.74 Å². The Kier molecular flexibility index (Phi) is 11.2. The number of esters is 1. The van der Waals surface area contributed by atoms with Crippen LogP contribution in [-0.4, -0.2) is 12.6 Å². The average molecular weight is 359 g/mol. The van der Waals surface area contributed by atoms with E-state index in [2.05, 4.69) is 6.92 Å². The van der Waals surface area contributed by atoms with E-state index in [0.29, 0.717) is 22.2 Å². The maximum atomic E-state index is 11.9. The molecule has 0 aliphatic heterocycles. The number of halogens is 2. The lowest BCUT2D eigenvalue weighted by Gasteiger charge is -2.06. The smallest absolute Gasteiger partial charge is 0.339 e. The van der Waals surface area contributed by atoms with Crippen LogP contribution in [0.4, 0.5) is 0 Å². The highest BCUT2D eigenvalue weighted by Crippen LogP contribution is 2.21.